The molecule has 0 saturated heterocycles. The lowest BCUT2D eigenvalue weighted by molar-refractivity contribution is 0.451. The molecule has 0 spiro atoms. The quantitative estimate of drug-likeness (QED) is 0.841. The van der Waals surface area contributed by atoms with Crippen LogP contribution in [0.4, 0.5) is 4.39 Å². The molecule has 0 aliphatic heterocycles. The predicted octanol–water partition coefficient (Wildman–Crippen LogP) is 4.74. The van der Waals surface area contributed by atoms with Crippen molar-refractivity contribution < 1.29 is 4.39 Å². The Morgan fingerprint density at radius 2 is 1.80 bits per heavy atom. The van der Waals surface area contributed by atoms with Crippen LogP contribution in [0, 0.1) is 5.82 Å². The normalized spacial score (nSPS) is 14.1. The molecule has 0 bridgehead atoms. The van der Waals surface area contributed by atoms with E-state index in [9.17, 15) is 4.39 Å². The van der Waals surface area contributed by atoms with Crippen molar-refractivity contribution >= 4 is 27.5 Å². The fourth-order valence-electron chi connectivity index (χ4n) is 2.24. The fourth-order valence-corrected chi connectivity index (χ4v) is 2.98. The molecule has 1 nitrogen and oxygen atoms in total. The third-order valence-electron chi connectivity index (χ3n) is 3.16. The third-order valence-corrected chi connectivity index (χ3v) is 4.01. The topological polar surface area (TPSA) is 26.0 Å². The average molecular weight is 357 g/mol. The molecule has 0 aromatic heterocycles. The largest absolute Gasteiger partial charge is 0.325 e. The van der Waals surface area contributed by atoms with Gasteiger partial charge in [-0.1, -0.05) is 51.8 Å². The average Bonchev–Trinajstić information content (AvgIpc) is 2.35. The SMILES string of the molecule is CC(N)(Cc1ccccc1F)Cc1ccc(Br)cc1Cl. The molecule has 2 aromatic carbocycles. The van der Waals surface area contributed by atoms with Crippen LogP contribution in [0.5, 0.6) is 0 Å². The van der Waals surface area contributed by atoms with Gasteiger partial charge in [-0.05, 0) is 49.1 Å². The van der Waals surface area contributed by atoms with Gasteiger partial charge >= 0.3 is 0 Å². The maximum absolute atomic E-state index is 13.7. The molecule has 0 aliphatic rings. The molecule has 0 heterocycles. The van der Waals surface area contributed by atoms with Crippen molar-refractivity contribution in [2.45, 2.75) is 25.3 Å². The Morgan fingerprint density at radius 1 is 1.15 bits per heavy atom. The molecule has 106 valence electrons. The van der Waals surface area contributed by atoms with Crippen LogP contribution in [0.25, 0.3) is 0 Å². The molecule has 0 aliphatic carbocycles. The van der Waals surface area contributed by atoms with E-state index in [0.717, 1.165) is 10.0 Å². The van der Waals surface area contributed by atoms with E-state index in [4.69, 9.17) is 17.3 Å². The van der Waals surface area contributed by atoms with E-state index in [1.807, 2.05) is 31.2 Å². The second kappa shape index (κ2) is 6.25. The Hall–Kier alpha value is -0.900. The Kier molecular flexibility index (Phi) is 4.84. The van der Waals surface area contributed by atoms with E-state index in [1.54, 1.807) is 12.1 Å². The van der Waals surface area contributed by atoms with Crippen LogP contribution in [0.3, 0.4) is 0 Å². The van der Waals surface area contributed by atoms with Crippen LogP contribution in [0.1, 0.15) is 18.1 Å². The number of nitrogens with two attached hydrogens (primary N) is 1. The second-order valence-corrected chi connectivity index (χ2v) is 6.66. The van der Waals surface area contributed by atoms with Crippen molar-refractivity contribution in [3.05, 3.63) is 68.9 Å². The lowest BCUT2D eigenvalue weighted by Crippen LogP contribution is -2.41. The fraction of sp³-hybridized carbons (Fsp3) is 0.250. The van der Waals surface area contributed by atoms with Crippen LogP contribution >= 0.6 is 27.5 Å². The maximum atomic E-state index is 13.7. The van der Waals surface area contributed by atoms with Crippen molar-refractivity contribution in [3.8, 4) is 0 Å². The van der Waals surface area contributed by atoms with E-state index < -0.39 is 5.54 Å². The molecule has 4 heteroatoms. The molecule has 2 rings (SSSR count). The monoisotopic (exact) mass is 355 g/mol. The van der Waals surface area contributed by atoms with Gasteiger partial charge in [0.2, 0.25) is 0 Å². The van der Waals surface area contributed by atoms with Crippen LogP contribution < -0.4 is 5.73 Å². The number of halogens is 3. The summed E-state index contributed by atoms with van der Waals surface area (Å²) < 4.78 is 14.6. The Labute approximate surface area is 132 Å². The van der Waals surface area contributed by atoms with E-state index in [1.165, 1.54) is 6.07 Å². The van der Waals surface area contributed by atoms with Crippen molar-refractivity contribution in [1.29, 1.82) is 0 Å². The lowest BCUT2D eigenvalue weighted by atomic mass is 9.87. The minimum Gasteiger partial charge on any atom is -0.325 e. The molecule has 0 radical (unpaired) electrons. The van der Waals surface area contributed by atoms with Gasteiger partial charge in [0.25, 0.3) is 0 Å². The Bertz CT molecular complexity index is 613. The smallest absolute Gasteiger partial charge is 0.126 e. The van der Waals surface area contributed by atoms with Crippen LogP contribution in [-0.2, 0) is 12.8 Å². The molecule has 0 saturated carbocycles. The minimum absolute atomic E-state index is 0.217. The molecular weight excluding hydrogens is 341 g/mol. The summed E-state index contributed by atoms with van der Waals surface area (Å²) >= 11 is 9.58. The van der Waals surface area contributed by atoms with Crippen LogP contribution in [-0.4, -0.2) is 5.54 Å². The summed E-state index contributed by atoms with van der Waals surface area (Å²) in [5.74, 6) is -0.217. The molecule has 2 N–H and O–H groups in total. The first-order valence-electron chi connectivity index (χ1n) is 6.34. The second-order valence-electron chi connectivity index (χ2n) is 5.33. The summed E-state index contributed by atoms with van der Waals surface area (Å²) in [5, 5.41) is 0.671. The number of benzene rings is 2. The number of hydrogen-bond acceptors (Lipinski definition) is 1. The molecule has 2 aromatic rings. The van der Waals surface area contributed by atoms with Gasteiger partial charge in [0.1, 0.15) is 5.82 Å². The Balaban J connectivity index is 2.17. The van der Waals surface area contributed by atoms with Gasteiger partial charge in [-0.15, -0.1) is 0 Å². The zero-order chi connectivity index (χ0) is 14.8. The van der Waals surface area contributed by atoms with Crippen molar-refractivity contribution in [1.82, 2.24) is 0 Å². The zero-order valence-corrected chi connectivity index (χ0v) is 13.5. The molecule has 0 amide bonds. The number of hydrogen-bond donors (Lipinski definition) is 1. The van der Waals surface area contributed by atoms with E-state index in [-0.39, 0.29) is 5.82 Å². The highest BCUT2D eigenvalue weighted by Crippen LogP contribution is 2.26. The van der Waals surface area contributed by atoms with Gasteiger partial charge < -0.3 is 5.73 Å². The third kappa shape index (κ3) is 4.05. The van der Waals surface area contributed by atoms with Gasteiger partial charge in [0, 0.05) is 15.0 Å². The maximum Gasteiger partial charge on any atom is 0.126 e. The molecule has 1 atom stereocenters. The van der Waals surface area contributed by atoms with E-state index in [2.05, 4.69) is 15.9 Å². The van der Waals surface area contributed by atoms with Gasteiger partial charge in [-0.2, -0.15) is 0 Å². The molecular formula is C16H16BrClFN. The summed E-state index contributed by atoms with van der Waals surface area (Å²) in [6, 6.07) is 12.4. The van der Waals surface area contributed by atoms with Crippen LogP contribution in [0.2, 0.25) is 5.02 Å². The number of rotatable bonds is 4. The van der Waals surface area contributed by atoms with Crippen LogP contribution in [0.15, 0.2) is 46.9 Å². The standard InChI is InChI=1S/C16H16BrClFN/c1-16(20,10-12-4-2-3-5-15(12)19)9-11-6-7-13(17)8-14(11)18/h2-8H,9-10,20H2,1H3. The van der Waals surface area contributed by atoms with Crippen molar-refractivity contribution in [2.75, 3.05) is 0 Å². The molecule has 0 fully saturated rings. The first-order chi connectivity index (χ1) is 9.37. The molecule has 20 heavy (non-hydrogen) atoms. The summed E-state index contributed by atoms with van der Waals surface area (Å²) in [6.45, 7) is 1.91. The van der Waals surface area contributed by atoms with Crippen molar-refractivity contribution in [2.24, 2.45) is 5.73 Å². The first kappa shape index (κ1) is 15.5. The van der Waals surface area contributed by atoms with E-state index >= 15 is 0 Å². The highest BCUT2D eigenvalue weighted by atomic mass is 79.9. The lowest BCUT2D eigenvalue weighted by Gasteiger charge is -2.25. The summed E-state index contributed by atoms with van der Waals surface area (Å²) in [6.07, 6.45) is 1.06. The van der Waals surface area contributed by atoms with Gasteiger partial charge in [0.05, 0.1) is 0 Å². The highest BCUT2D eigenvalue weighted by Gasteiger charge is 2.22. The van der Waals surface area contributed by atoms with Gasteiger partial charge in [-0.3, -0.25) is 0 Å². The van der Waals surface area contributed by atoms with Gasteiger partial charge in [0.15, 0.2) is 0 Å². The zero-order valence-electron chi connectivity index (χ0n) is 11.2. The summed E-state index contributed by atoms with van der Waals surface area (Å²) in [7, 11) is 0. The Morgan fingerprint density at radius 3 is 2.45 bits per heavy atom. The summed E-state index contributed by atoms with van der Waals surface area (Å²) in [4.78, 5) is 0. The van der Waals surface area contributed by atoms with Gasteiger partial charge in [-0.25, -0.2) is 4.39 Å². The summed E-state index contributed by atoms with van der Waals surface area (Å²) in [5.41, 5.74) is 7.36. The van der Waals surface area contributed by atoms with Crippen molar-refractivity contribution in [3.63, 3.8) is 0 Å². The molecule has 1 unspecified atom stereocenters. The minimum atomic E-state index is -0.556. The predicted molar refractivity (Wildman–Crippen MR) is 85.6 cm³/mol. The van der Waals surface area contributed by atoms with E-state index in [0.29, 0.717) is 23.4 Å². The first-order valence-corrected chi connectivity index (χ1v) is 7.51. The highest BCUT2D eigenvalue weighted by molar-refractivity contribution is 9.10.